The maximum atomic E-state index is 4.39. The summed E-state index contributed by atoms with van der Waals surface area (Å²) in [6, 6.07) is 0. The van der Waals surface area contributed by atoms with E-state index in [9.17, 15) is 0 Å². The fourth-order valence-electron chi connectivity index (χ4n) is 0.915. The summed E-state index contributed by atoms with van der Waals surface area (Å²) in [4.78, 5) is 4.39. The van der Waals surface area contributed by atoms with Crippen molar-refractivity contribution in [3.8, 4) is 0 Å². The van der Waals surface area contributed by atoms with Crippen LogP contribution >= 0.6 is 0 Å². The predicted octanol–water partition coefficient (Wildman–Crippen LogP) is 3.68. The monoisotopic (exact) mass is 169 g/mol. The zero-order valence-electron chi connectivity index (χ0n) is 9.06. The van der Waals surface area contributed by atoms with Gasteiger partial charge in [-0.15, -0.1) is 0 Å². The highest BCUT2D eigenvalue weighted by Crippen LogP contribution is 2.12. The summed E-state index contributed by atoms with van der Waals surface area (Å²) in [6.07, 6.45) is 7.17. The van der Waals surface area contributed by atoms with Crippen LogP contribution in [0.25, 0.3) is 0 Å². The van der Waals surface area contributed by atoms with E-state index in [4.69, 9.17) is 0 Å². The van der Waals surface area contributed by atoms with Crippen LogP contribution in [-0.2, 0) is 0 Å². The van der Waals surface area contributed by atoms with Gasteiger partial charge in [-0.1, -0.05) is 40.5 Å². The smallest absolute Gasteiger partial charge is 0.0433 e. The van der Waals surface area contributed by atoms with Crippen LogP contribution < -0.4 is 0 Å². The second-order valence-electron chi connectivity index (χ2n) is 4.58. The van der Waals surface area contributed by atoms with Crippen LogP contribution in [0.4, 0.5) is 0 Å². The van der Waals surface area contributed by atoms with Crippen LogP contribution in [0.15, 0.2) is 4.99 Å². The zero-order chi connectivity index (χ0) is 9.45. The molecule has 0 aliphatic heterocycles. The maximum absolute atomic E-state index is 4.39. The number of unbranched alkanes of at least 4 members (excludes halogenated alkanes) is 3. The van der Waals surface area contributed by atoms with E-state index in [-0.39, 0.29) is 0 Å². The molecule has 0 aliphatic rings. The van der Waals surface area contributed by atoms with Crippen LogP contribution in [0, 0.1) is 5.41 Å². The molecule has 0 unspecified atom stereocenters. The standard InChI is InChI=1S/C11H23N/c1-5-6-7-8-9-12-10-11(2,3)4/h9H,5-8,10H2,1-4H3. The molecule has 72 valence electrons. The van der Waals surface area contributed by atoms with Gasteiger partial charge in [-0.2, -0.15) is 0 Å². The lowest BCUT2D eigenvalue weighted by atomic mass is 9.97. The van der Waals surface area contributed by atoms with Gasteiger partial charge in [0.15, 0.2) is 0 Å². The molecule has 0 bridgehead atoms. The second-order valence-corrected chi connectivity index (χ2v) is 4.58. The van der Waals surface area contributed by atoms with Gasteiger partial charge in [-0.05, 0) is 24.5 Å². The minimum atomic E-state index is 0.348. The molecule has 0 aliphatic carbocycles. The van der Waals surface area contributed by atoms with E-state index in [1.807, 2.05) is 0 Å². The van der Waals surface area contributed by atoms with E-state index in [0.717, 1.165) is 13.0 Å². The highest BCUT2D eigenvalue weighted by atomic mass is 14.7. The van der Waals surface area contributed by atoms with Crippen molar-refractivity contribution in [2.75, 3.05) is 6.54 Å². The summed E-state index contributed by atoms with van der Waals surface area (Å²) in [6.45, 7) is 9.84. The summed E-state index contributed by atoms with van der Waals surface area (Å²) in [5.41, 5.74) is 0.348. The molecule has 0 saturated heterocycles. The molecule has 1 heteroatoms. The Hall–Kier alpha value is -0.330. The zero-order valence-corrected chi connectivity index (χ0v) is 9.06. The van der Waals surface area contributed by atoms with E-state index in [2.05, 4.69) is 38.9 Å². The summed E-state index contributed by atoms with van der Waals surface area (Å²) in [7, 11) is 0. The average Bonchev–Trinajstić information content (AvgIpc) is 1.94. The third kappa shape index (κ3) is 9.67. The molecule has 0 radical (unpaired) electrons. The fraction of sp³-hybridized carbons (Fsp3) is 0.909. The molecule has 0 fully saturated rings. The van der Waals surface area contributed by atoms with E-state index in [0.29, 0.717) is 5.41 Å². The largest absolute Gasteiger partial charge is 0.297 e. The molecular weight excluding hydrogens is 146 g/mol. The van der Waals surface area contributed by atoms with Crippen LogP contribution in [0.2, 0.25) is 0 Å². The Morgan fingerprint density at radius 3 is 2.33 bits per heavy atom. The quantitative estimate of drug-likeness (QED) is 0.440. The predicted molar refractivity (Wildman–Crippen MR) is 57.0 cm³/mol. The molecule has 0 spiro atoms. The lowest BCUT2D eigenvalue weighted by Gasteiger charge is -2.13. The molecule has 0 saturated carbocycles. The SMILES string of the molecule is CCCCCC=NCC(C)(C)C. The van der Waals surface area contributed by atoms with Crippen molar-refractivity contribution in [2.24, 2.45) is 10.4 Å². The summed E-state index contributed by atoms with van der Waals surface area (Å²) in [5, 5.41) is 0. The van der Waals surface area contributed by atoms with Gasteiger partial charge < -0.3 is 0 Å². The normalized spacial score (nSPS) is 12.7. The van der Waals surface area contributed by atoms with Gasteiger partial charge in [-0.3, -0.25) is 4.99 Å². The third-order valence-corrected chi connectivity index (χ3v) is 1.63. The van der Waals surface area contributed by atoms with Crippen LogP contribution in [0.5, 0.6) is 0 Å². The highest BCUT2D eigenvalue weighted by Gasteiger charge is 2.06. The number of aliphatic imine (C=N–C) groups is 1. The van der Waals surface area contributed by atoms with Crippen molar-refractivity contribution in [3.05, 3.63) is 0 Å². The summed E-state index contributed by atoms with van der Waals surface area (Å²) in [5.74, 6) is 0. The molecule has 12 heavy (non-hydrogen) atoms. The number of rotatable bonds is 5. The first kappa shape index (κ1) is 11.7. The van der Waals surface area contributed by atoms with Gasteiger partial charge in [0.1, 0.15) is 0 Å². The molecule has 0 aromatic heterocycles. The Bertz CT molecular complexity index is 119. The molecular formula is C11H23N. The lowest BCUT2D eigenvalue weighted by molar-refractivity contribution is 0.430. The van der Waals surface area contributed by atoms with Crippen molar-refractivity contribution < 1.29 is 0 Å². The van der Waals surface area contributed by atoms with E-state index in [1.165, 1.54) is 19.3 Å². The Kier molecular flexibility index (Phi) is 6.04. The Morgan fingerprint density at radius 2 is 1.83 bits per heavy atom. The minimum Gasteiger partial charge on any atom is -0.297 e. The molecule has 0 rings (SSSR count). The first-order chi connectivity index (χ1) is 5.56. The van der Waals surface area contributed by atoms with Gasteiger partial charge in [0.25, 0.3) is 0 Å². The van der Waals surface area contributed by atoms with Crippen molar-refractivity contribution in [1.29, 1.82) is 0 Å². The van der Waals surface area contributed by atoms with E-state index < -0.39 is 0 Å². The topological polar surface area (TPSA) is 12.4 Å². The van der Waals surface area contributed by atoms with Gasteiger partial charge in [0.05, 0.1) is 0 Å². The van der Waals surface area contributed by atoms with Crippen molar-refractivity contribution >= 4 is 6.21 Å². The van der Waals surface area contributed by atoms with Crippen molar-refractivity contribution in [2.45, 2.75) is 53.4 Å². The highest BCUT2D eigenvalue weighted by molar-refractivity contribution is 5.56. The molecule has 0 aromatic rings. The fourth-order valence-corrected chi connectivity index (χ4v) is 0.915. The first-order valence-corrected chi connectivity index (χ1v) is 5.04. The van der Waals surface area contributed by atoms with Crippen LogP contribution in [0.3, 0.4) is 0 Å². The maximum Gasteiger partial charge on any atom is 0.0433 e. The first-order valence-electron chi connectivity index (χ1n) is 5.04. The van der Waals surface area contributed by atoms with Crippen molar-refractivity contribution in [3.63, 3.8) is 0 Å². The van der Waals surface area contributed by atoms with Gasteiger partial charge >= 0.3 is 0 Å². The van der Waals surface area contributed by atoms with Crippen LogP contribution in [0.1, 0.15) is 53.4 Å². The third-order valence-electron chi connectivity index (χ3n) is 1.63. The average molecular weight is 169 g/mol. The molecule has 0 aromatic carbocycles. The van der Waals surface area contributed by atoms with Gasteiger partial charge in [0.2, 0.25) is 0 Å². The Morgan fingerprint density at radius 1 is 1.17 bits per heavy atom. The molecule has 0 heterocycles. The molecule has 0 N–H and O–H groups in total. The van der Waals surface area contributed by atoms with Gasteiger partial charge in [-0.25, -0.2) is 0 Å². The Balaban J connectivity index is 3.26. The van der Waals surface area contributed by atoms with E-state index >= 15 is 0 Å². The summed E-state index contributed by atoms with van der Waals surface area (Å²) < 4.78 is 0. The number of hydrogen-bond donors (Lipinski definition) is 0. The van der Waals surface area contributed by atoms with Crippen molar-refractivity contribution in [1.82, 2.24) is 0 Å². The van der Waals surface area contributed by atoms with Gasteiger partial charge in [0, 0.05) is 6.54 Å². The Labute approximate surface area is 77.3 Å². The van der Waals surface area contributed by atoms with Crippen LogP contribution in [-0.4, -0.2) is 12.8 Å². The summed E-state index contributed by atoms with van der Waals surface area (Å²) >= 11 is 0. The number of nitrogens with zero attached hydrogens (tertiary/aromatic N) is 1. The lowest BCUT2D eigenvalue weighted by Crippen LogP contribution is -2.09. The number of hydrogen-bond acceptors (Lipinski definition) is 1. The minimum absolute atomic E-state index is 0.348. The molecule has 0 atom stereocenters. The molecule has 1 nitrogen and oxygen atoms in total. The second kappa shape index (κ2) is 6.22. The van der Waals surface area contributed by atoms with E-state index in [1.54, 1.807) is 0 Å². The molecule has 0 amide bonds.